The number of aryl methyl sites for hydroxylation is 1. The van der Waals surface area contributed by atoms with Crippen LogP contribution in [0.5, 0.6) is 5.75 Å². The zero-order valence-corrected chi connectivity index (χ0v) is 13.7. The van der Waals surface area contributed by atoms with Crippen LogP contribution in [0.15, 0.2) is 45.3 Å². The number of rotatable bonds is 2. The molecular formula is C15H12Br2O2. The van der Waals surface area contributed by atoms with Crippen LogP contribution in [-0.4, -0.2) is 5.97 Å². The van der Waals surface area contributed by atoms with E-state index >= 15 is 0 Å². The number of esters is 1. The number of carbonyl (C=O) groups is 1. The molecule has 98 valence electrons. The Morgan fingerprint density at radius 3 is 2.53 bits per heavy atom. The zero-order chi connectivity index (χ0) is 14.0. The van der Waals surface area contributed by atoms with E-state index in [2.05, 4.69) is 31.9 Å². The molecule has 0 spiro atoms. The first-order valence-electron chi connectivity index (χ1n) is 5.72. The standard InChI is InChI=1S/C15H12Br2O2/c1-9-4-3-5-14(10(9)2)19-15(18)12-7-6-11(16)8-13(12)17/h3-8H,1-2H3. The van der Waals surface area contributed by atoms with Crippen LogP contribution in [0.1, 0.15) is 21.5 Å². The monoisotopic (exact) mass is 382 g/mol. The molecule has 0 atom stereocenters. The molecular weight excluding hydrogens is 372 g/mol. The molecule has 2 rings (SSSR count). The summed E-state index contributed by atoms with van der Waals surface area (Å²) in [6.45, 7) is 3.93. The highest BCUT2D eigenvalue weighted by atomic mass is 79.9. The second-order valence-corrected chi connectivity index (χ2v) is 5.98. The van der Waals surface area contributed by atoms with Crippen LogP contribution in [-0.2, 0) is 0 Å². The number of halogens is 2. The molecule has 0 aliphatic rings. The Kier molecular flexibility index (Phi) is 4.42. The normalized spacial score (nSPS) is 10.3. The maximum Gasteiger partial charge on any atom is 0.344 e. The SMILES string of the molecule is Cc1cccc(OC(=O)c2ccc(Br)cc2Br)c1C. The van der Waals surface area contributed by atoms with Crippen molar-refractivity contribution < 1.29 is 9.53 Å². The van der Waals surface area contributed by atoms with Crippen molar-refractivity contribution >= 4 is 37.8 Å². The Morgan fingerprint density at radius 1 is 1.11 bits per heavy atom. The summed E-state index contributed by atoms with van der Waals surface area (Å²) >= 11 is 6.71. The fraction of sp³-hybridized carbons (Fsp3) is 0.133. The van der Waals surface area contributed by atoms with Gasteiger partial charge in [0, 0.05) is 8.95 Å². The fourth-order valence-corrected chi connectivity index (χ4v) is 2.85. The van der Waals surface area contributed by atoms with E-state index in [1.165, 1.54) is 0 Å². The van der Waals surface area contributed by atoms with Gasteiger partial charge >= 0.3 is 5.97 Å². The molecule has 2 aromatic carbocycles. The van der Waals surface area contributed by atoms with Gasteiger partial charge in [0.15, 0.2) is 0 Å². The van der Waals surface area contributed by atoms with Gasteiger partial charge in [0.25, 0.3) is 0 Å². The first-order chi connectivity index (χ1) is 8.99. The lowest BCUT2D eigenvalue weighted by atomic mass is 10.1. The second-order valence-electron chi connectivity index (χ2n) is 4.21. The van der Waals surface area contributed by atoms with Crippen LogP contribution in [0.3, 0.4) is 0 Å². The van der Waals surface area contributed by atoms with E-state index in [0.29, 0.717) is 15.8 Å². The van der Waals surface area contributed by atoms with Gasteiger partial charge < -0.3 is 4.74 Å². The average molecular weight is 384 g/mol. The van der Waals surface area contributed by atoms with Gasteiger partial charge in [-0.3, -0.25) is 0 Å². The van der Waals surface area contributed by atoms with Crippen LogP contribution in [0.4, 0.5) is 0 Å². The van der Waals surface area contributed by atoms with Crippen molar-refractivity contribution in [3.63, 3.8) is 0 Å². The zero-order valence-electron chi connectivity index (χ0n) is 10.5. The number of hydrogen-bond acceptors (Lipinski definition) is 2. The molecule has 4 heteroatoms. The summed E-state index contributed by atoms with van der Waals surface area (Å²) in [7, 11) is 0. The first kappa shape index (κ1) is 14.3. The minimum Gasteiger partial charge on any atom is -0.423 e. The summed E-state index contributed by atoms with van der Waals surface area (Å²) in [5.74, 6) is 0.230. The summed E-state index contributed by atoms with van der Waals surface area (Å²) in [6.07, 6.45) is 0. The predicted molar refractivity (Wildman–Crippen MR) is 82.7 cm³/mol. The topological polar surface area (TPSA) is 26.3 Å². The largest absolute Gasteiger partial charge is 0.423 e. The third kappa shape index (κ3) is 3.25. The first-order valence-corrected chi connectivity index (χ1v) is 7.31. The van der Waals surface area contributed by atoms with E-state index in [1.807, 2.05) is 38.1 Å². The highest BCUT2D eigenvalue weighted by Crippen LogP contribution is 2.25. The van der Waals surface area contributed by atoms with Gasteiger partial charge in [-0.15, -0.1) is 0 Å². The molecule has 0 heterocycles. The maximum atomic E-state index is 12.1. The third-order valence-electron chi connectivity index (χ3n) is 2.91. The van der Waals surface area contributed by atoms with Crippen molar-refractivity contribution in [2.75, 3.05) is 0 Å². The number of carbonyl (C=O) groups excluding carboxylic acids is 1. The van der Waals surface area contributed by atoms with Crippen LogP contribution < -0.4 is 4.74 Å². The van der Waals surface area contributed by atoms with Crippen molar-refractivity contribution in [3.05, 3.63) is 62.0 Å². The molecule has 0 N–H and O–H groups in total. The Bertz CT molecular complexity index is 636. The lowest BCUT2D eigenvalue weighted by Gasteiger charge is -2.10. The molecule has 0 aliphatic heterocycles. The van der Waals surface area contributed by atoms with Gasteiger partial charge in [0.1, 0.15) is 5.75 Å². The van der Waals surface area contributed by atoms with Crippen molar-refractivity contribution in [2.24, 2.45) is 0 Å². The van der Waals surface area contributed by atoms with Gasteiger partial charge in [0.05, 0.1) is 5.56 Å². The van der Waals surface area contributed by atoms with Crippen LogP contribution in [0, 0.1) is 13.8 Å². The average Bonchev–Trinajstić information content (AvgIpc) is 2.34. The quantitative estimate of drug-likeness (QED) is 0.535. The van der Waals surface area contributed by atoms with E-state index in [-0.39, 0.29) is 5.97 Å². The Balaban J connectivity index is 2.28. The molecule has 19 heavy (non-hydrogen) atoms. The second kappa shape index (κ2) is 5.88. The lowest BCUT2D eigenvalue weighted by Crippen LogP contribution is -2.10. The Hall–Kier alpha value is -1.13. The molecule has 0 aromatic heterocycles. The molecule has 2 nitrogen and oxygen atoms in total. The lowest BCUT2D eigenvalue weighted by molar-refractivity contribution is 0.0732. The van der Waals surface area contributed by atoms with E-state index in [0.717, 1.165) is 15.6 Å². The molecule has 0 unspecified atom stereocenters. The number of benzene rings is 2. The molecule has 0 radical (unpaired) electrons. The molecule has 0 amide bonds. The predicted octanol–water partition coefficient (Wildman–Crippen LogP) is 5.05. The molecule has 0 saturated heterocycles. The third-order valence-corrected chi connectivity index (χ3v) is 4.06. The summed E-state index contributed by atoms with van der Waals surface area (Å²) < 4.78 is 7.06. The molecule has 0 fully saturated rings. The fourth-order valence-electron chi connectivity index (χ4n) is 1.64. The van der Waals surface area contributed by atoms with E-state index in [4.69, 9.17) is 4.74 Å². The van der Waals surface area contributed by atoms with Crippen molar-refractivity contribution in [1.82, 2.24) is 0 Å². The minimum absolute atomic E-state index is 0.368. The summed E-state index contributed by atoms with van der Waals surface area (Å²) in [6, 6.07) is 11.0. The Labute approximate surface area is 129 Å². The Morgan fingerprint density at radius 2 is 1.84 bits per heavy atom. The number of ether oxygens (including phenoxy) is 1. The molecule has 0 aliphatic carbocycles. The van der Waals surface area contributed by atoms with Gasteiger partial charge in [-0.25, -0.2) is 4.79 Å². The van der Waals surface area contributed by atoms with Crippen LogP contribution in [0.25, 0.3) is 0 Å². The van der Waals surface area contributed by atoms with E-state index < -0.39 is 0 Å². The van der Waals surface area contributed by atoms with Crippen molar-refractivity contribution in [1.29, 1.82) is 0 Å². The van der Waals surface area contributed by atoms with Gasteiger partial charge in [0.2, 0.25) is 0 Å². The molecule has 0 bridgehead atoms. The smallest absolute Gasteiger partial charge is 0.344 e. The summed E-state index contributed by atoms with van der Waals surface area (Å²) in [5.41, 5.74) is 2.58. The van der Waals surface area contributed by atoms with E-state index in [9.17, 15) is 4.79 Å². The van der Waals surface area contributed by atoms with Gasteiger partial charge in [-0.1, -0.05) is 28.1 Å². The van der Waals surface area contributed by atoms with Crippen molar-refractivity contribution in [3.8, 4) is 5.75 Å². The van der Waals surface area contributed by atoms with Gasteiger partial charge in [-0.2, -0.15) is 0 Å². The summed E-state index contributed by atoms with van der Waals surface area (Å²) in [5, 5.41) is 0. The van der Waals surface area contributed by atoms with E-state index in [1.54, 1.807) is 12.1 Å². The number of hydrogen-bond donors (Lipinski definition) is 0. The van der Waals surface area contributed by atoms with Crippen molar-refractivity contribution in [2.45, 2.75) is 13.8 Å². The minimum atomic E-state index is -0.368. The maximum absolute atomic E-state index is 12.1. The van der Waals surface area contributed by atoms with Crippen LogP contribution in [0.2, 0.25) is 0 Å². The highest BCUT2D eigenvalue weighted by Gasteiger charge is 2.14. The van der Waals surface area contributed by atoms with Gasteiger partial charge in [-0.05, 0) is 65.2 Å². The molecule has 2 aromatic rings. The summed E-state index contributed by atoms with van der Waals surface area (Å²) in [4.78, 5) is 12.1. The molecule has 0 saturated carbocycles. The highest BCUT2D eigenvalue weighted by molar-refractivity contribution is 9.11. The van der Waals surface area contributed by atoms with Crippen LogP contribution >= 0.6 is 31.9 Å².